The molecule has 0 spiro atoms. The van der Waals surface area contributed by atoms with E-state index in [1.807, 2.05) is 0 Å². The Morgan fingerprint density at radius 2 is 0.621 bits per heavy atom. The zero-order valence-electron chi connectivity index (χ0n) is 19.4. The van der Waals surface area contributed by atoms with E-state index >= 15 is 0 Å². The van der Waals surface area contributed by atoms with Crippen molar-refractivity contribution >= 4 is 0 Å². The molecule has 0 aliphatic heterocycles. The standard InChI is InChI=1S/C21H44O8/c1-13(22)17(5)26-9-21(10-27-18(6)14(2)23,11-28-19(7)15(3)24)12-29-20(8)16(4)25/h13-20,22-25H,9-12H2,1-8H3. The maximum atomic E-state index is 9.77. The second-order valence-corrected chi connectivity index (χ2v) is 8.53. The van der Waals surface area contributed by atoms with Gasteiger partial charge in [0.05, 0.1) is 80.7 Å². The monoisotopic (exact) mass is 424 g/mol. The fraction of sp³-hybridized carbons (Fsp3) is 1.00. The number of hydrogen-bond acceptors (Lipinski definition) is 8. The van der Waals surface area contributed by atoms with E-state index in [2.05, 4.69) is 0 Å². The van der Waals surface area contributed by atoms with E-state index in [1.165, 1.54) is 0 Å². The van der Waals surface area contributed by atoms with Crippen molar-refractivity contribution in [2.24, 2.45) is 5.41 Å². The van der Waals surface area contributed by atoms with Gasteiger partial charge in [-0.1, -0.05) is 0 Å². The molecule has 0 aromatic heterocycles. The fourth-order valence-corrected chi connectivity index (χ4v) is 2.04. The third-order valence-corrected chi connectivity index (χ3v) is 5.33. The van der Waals surface area contributed by atoms with E-state index in [4.69, 9.17) is 18.9 Å². The van der Waals surface area contributed by atoms with Crippen molar-refractivity contribution in [3.8, 4) is 0 Å². The molecule has 0 saturated carbocycles. The third kappa shape index (κ3) is 11.6. The van der Waals surface area contributed by atoms with E-state index in [9.17, 15) is 20.4 Å². The lowest BCUT2D eigenvalue weighted by Gasteiger charge is -2.37. The Bertz CT molecular complexity index is 336. The largest absolute Gasteiger partial charge is 0.391 e. The van der Waals surface area contributed by atoms with Crippen LogP contribution in [0.25, 0.3) is 0 Å². The zero-order valence-corrected chi connectivity index (χ0v) is 19.4. The molecule has 0 amide bonds. The molecule has 0 aliphatic rings. The summed E-state index contributed by atoms with van der Waals surface area (Å²) in [6.07, 6.45) is -4.25. The molecule has 0 rings (SSSR count). The molecular formula is C21H44O8. The molecule has 0 bridgehead atoms. The first-order valence-corrected chi connectivity index (χ1v) is 10.5. The van der Waals surface area contributed by atoms with Crippen LogP contribution in [-0.4, -0.2) is 95.7 Å². The molecule has 0 fully saturated rings. The van der Waals surface area contributed by atoms with Crippen LogP contribution < -0.4 is 0 Å². The van der Waals surface area contributed by atoms with Crippen LogP contribution in [0.3, 0.4) is 0 Å². The zero-order chi connectivity index (χ0) is 22.8. The van der Waals surface area contributed by atoms with Crippen LogP contribution in [0.1, 0.15) is 55.4 Å². The number of rotatable bonds is 16. The van der Waals surface area contributed by atoms with Gasteiger partial charge in [-0.2, -0.15) is 0 Å². The van der Waals surface area contributed by atoms with E-state index < -0.39 is 54.2 Å². The Hall–Kier alpha value is -0.320. The highest BCUT2D eigenvalue weighted by Crippen LogP contribution is 2.25. The van der Waals surface area contributed by atoms with Gasteiger partial charge in [0, 0.05) is 0 Å². The number of aliphatic hydroxyl groups excluding tert-OH is 4. The van der Waals surface area contributed by atoms with Gasteiger partial charge in [-0.05, 0) is 55.4 Å². The highest BCUT2D eigenvalue weighted by Gasteiger charge is 2.36. The number of ether oxygens (including phenoxy) is 4. The first-order valence-electron chi connectivity index (χ1n) is 10.5. The van der Waals surface area contributed by atoms with Gasteiger partial charge in [0.15, 0.2) is 0 Å². The summed E-state index contributed by atoms with van der Waals surface area (Å²) in [4.78, 5) is 0. The Morgan fingerprint density at radius 1 is 0.448 bits per heavy atom. The van der Waals surface area contributed by atoms with Crippen molar-refractivity contribution in [1.29, 1.82) is 0 Å². The molecule has 0 radical (unpaired) electrons. The molecule has 4 N–H and O–H groups in total. The van der Waals surface area contributed by atoms with Gasteiger partial charge >= 0.3 is 0 Å². The Labute approximate surface area is 176 Å². The van der Waals surface area contributed by atoms with E-state index in [0.29, 0.717) is 0 Å². The van der Waals surface area contributed by atoms with Gasteiger partial charge in [-0.15, -0.1) is 0 Å². The molecule has 0 heterocycles. The minimum Gasteiger partial charge on any atom is -0.391 e. The second kappa shape index (κ2) is 13.9. The van der Waals surface area contributed by atoms with Gasteiger partial charge in [0.25, 0.3) is 0 Å². The predicted molar refractivity (Wildman–Crippen MR) is 111 cm³/mol. The molecule has 8 nitrogen and oxygen atoms in total. The Balaban J connectivity index is 5.47. The predicted octanol–water partition coefficient (Wildman–Crippen LogP) is 1.12. The van der Waals surface area contributed by atoms with Gasteiger partial charge in [0.2, 0.25) is 0 Å². The highest BCUT2D eigenvalue weighted by atomic mass is 16.5. The molecule has 0 aromatic carbocycles. The number of hydrogen-bond donors (Lipinski definition) is 4. The first kappa shape index (κ1) is 28.7. The van der Waals surface area contributed by atoms with Crippen molar-refractivity contribution < 1.29 is 39.4 Å². The van der Waals surface area contributed by atoms with Crippen LogP contribution in [0.4, 0.5) is 0 Å². The lowest BCUT2D eigenvalue weighted by Crippen LogP contribution is -2.47. The molecule has 176 valence electrons. The Morgan fingerprint density at radius 3 is 0.759 bits per heavy atom. The van der Waals surface area contributed by atoms with Crippen molar-refractivity contribution in [2.45, 2.75) is 104 Å². The van der Waals surface area contributed by atoms with Crippen LogP contribution in [0, 0.1) is 5.41 Å². The molecule has 0 aliphatic carbocycles. The van der Waals surface area contributed by atoms with E-state index in [-0.39, 0.29) is 26.4 Å². The smallest absolute Gasteiger partial charge is 0.0803 e. The van der Waals surface area contributed by atoms with E-state index in [0.717, 1.165) is 0 Å². The average Bonchev–Trinajstić information content (AvgIpc) is 2.64. The summed E-state index contributed by atoms with van der Waals surface area (Å²) in [5.74, 6) is 0. The van der Waals surface area contributed by atoms with Crippen LogP contribution in [0.15, 0.2) is 0 Å². The van der Waals surface area contributed by atoms with Crippen LogP contribution >= 0.6 is 0 Å². The van der Waals surface area contributed by atoms with Crippen molar-refractivity contribution in [2.75, 3.05) is 26.4 Å². The molecule has 8 unspecified atom stereocenters. The summed E-state index contributed by atoms with van der Waals surface area (Å²) >= 11 is 0. The summed E-state index contributed by atoms with van der Waals surface area (Å²) in [5.41, 5.74) is -0.765. The molecular weight excluding hydrogens is 380 g/mol. The highest BCUT2D eigenvalue weighted by molar-refractivity contribution is 4.82. The van der Waals surface area contributed by atoms with Gasteiger partial charge in [-0.25, -0.2) is 0 Å². The molecule has 0 saturated heterocycles. The summed E-state index contributed by atoms with van der Waals surface area (Å²) in [5, 5.41) is 39.1. The first-order chi connectivity index (χ1) is 13.3. The minimum atomic E-state index is -0.765. The van der Waals surface area contributed by atoms with Crippen LogP contribution in [0.2, 0.25) is 0 Å². The maximum Gasteiger partial charge on any atom is 0.0803 e. The summed E-state index contributed by atoms with van der Waals surface area (Å²) < 4.78 is 23.5. The van der Waals surface area contributed by atoms with Gasteiger partial charge in [-0.3, -0.25) is 0 Å². The second-order valence-electron chi connectivity index (χ2n) is 8.53. The number of aliphatic hydroxyl groups is 4. The van der Waals surface area contributed by atoms with Gasteiger partial charge < -0.3 is 39.4 Å². The van der Waals surface area contributed by atoms with E-state index in [1.54, 1.807) is 55.4 Å². The Kier molecular flexibility index (Phi) is 13.7. The van der Waals surface area contributed by atoms with Gasteiger partial charge in [0.1, 0.15) is 0 Å². The lowest BCUT2D eigenvalue weighted by molar-refractivity contribution is -0.169. The lowest BCUT2D eigenvalue weighted by atomic mass is 9.91. The van der Waals surface area contributed by atoms with Crippen LogP contribution in [0.5, 0.6) is 0 Å². The molecule has 8 heteroatoms. The maximum absolute atomic E-state index is 9.77. The average molecular weight is 425 g/mol. The van der Waals surface area contributed by atoms with Crippen LogP contribution in [-0.2, 0) is 18.9 Å². The molecule has 0 aromatic rings. The summed E-state index contributed by atoms with van der Waals surface area (Å²) in [6.45, 7) is 14.4. The van der Waals surface area contributed by atoms with Crippen molar-refractivity contribution in [1.82, 2.24) is 0 Å². The minimum absolute atomic E-state index is 0.171. The topological polar surface area (TPSA) is 118 Å². The fourth-order valence-electron chi connectivity index (χ4n) is 2.04. The quantitative estimate of drug-likeness (QED) is 0.291. The van der Waals surface area contributed by atoms with Crippen molar-refractivity contribution in [3.63, 3.8) is 0 Å². The molecule has 29 heavy (non-hydrogen) atoms. The normalized spacial score (nSPS) is 22.8. The molecule has 8 atom stereocenters. The summed E-state index contributed by atoms with van der Waals surface area (Å²) in [6, 6.07) is 0. The third-order valence-electron chi connectivity index (χ3n) is 5.33. The SMILES string of the molecule is CC(O)C(C)OCC(COC(C)C(C)O)(COC(C)C(C)O)COC(C)C(C)O. The van der Waals surface area contributed by atoms with Crippen molar-refractivity contribution in [3.05, 3.63) is 0 Å². The summed E-state index contributed by atoms with van der Waals surface area (Å²) in [7, 11) is 0.